The quantitative estimate of drug-likeness (QED) is 0.223. The largest absolute Gasteiger partial charge is 0.454 e. The third kappa shape index (κ3) is 3.74. The Balaban J connectivity index is 2.54. The van der Waals surface area contributed by atoms with Crippen molar-refractivity contribution in [3.05, 3.63) is 49.5 Å². The Labute approximate surface area is 175 Å². The lowest BCUT2D eigenvalue weighted by Crippen LogP contribution is -1.91. The highest BCUT2D eigenvalue weighted by molar-refractivity contribution is 9.15. The zero-order valence-electron chi connectivity index (χ0n) is 9.29. The second-order valence-corrected chi connectivity index (χ2v) is 9.31. The summed E-state index contributed by atoms with van der Waals surface area (Å²) in [5, 5.41) is 0. The van der Waals surface area contributed by atoms with Crippen molar-refractivity contribution in [2.45, 2.75) is 0 Å². The first-order chi connectivity index (χ1) is 9.32. The number of rotatable bonds is 2. The summed E-state index contributed by atoms with van der Waals surface area (Å²) < 4.78 is 12.1. The van der Waals surface area contributed by atoms with Crippen molar-refractivity contribution in [3.8, 4) is 11.5 Å². The molecule has 0 aliphatic rings. The standard InChI is InChI=1S/C12H3Br7O/c13-4-1-2-6(5(14)3-4)20-12-10(18)8(16)7(15)9(17)11(12)19/h1-3H. The molecule has 2 aromatic rings. The molecule has 106 valence electrons. The molecular formula is C12H3Br7O. The summed E-state index contributed by atoms with van der Waals surface area (Å²) in [6, 6.07) is 5.74. The Morgan fingerprint density at radius 3 is 1.65 bits per heavy atom. The van der Waals surface area contributed by atoms with Crippen molar-refractivity contribution in [2.24, 2.45) is 0 Å². The molecule has 0 radical (unpaired) electrons. The molecule has 0 aliphatic carbocycles. The van der Waals surface area contributed by atoms with E-state index in [0.717, 1.165) is 37.1 Å². The third-order valence-corrected chi connectivity index (χ3v) is 9.41. The molecule has 1 nitrogen and oxygen atoms in total. The van der Waals surface area contributed by atoms with Crippen LogP contribution in [0.4, 0.5) is 0 Å². The lowest BCUT2D eigenvalue weighted by Gasteiger charge is -2.15. The summed E-state index contributed by atoms with van der Waals surface area (Å²) in [7, 11) is 0. The van der Waals surface area contributed by atoms with Gasteiger partial charge in [-0.2, -0.15) is 0 Å². The lowest BCUT2D eigenvalue weighted by molar-refractivity contribution is 0.472. The minimum atomic E-state index is 0.676. The van der Waals surface area contributed by atoms with Crippen molar-refractivity contribution in [3.63, 3.8) is 0 Å². The fourth-order valence-corrected chi connectivity index (χ4v) is 5.64. The predicted octanol–water partition coefficient (Wildman–Crippen LogP) is 8.82. The highest BCUT2D eigenvalue weighted by atomic mass is 79.9. The van der Waals surface area contributed by atoms with Crippen LogP contribution >= 0.6 is 112 Å². The average molecular weight is 722 g/mol. The summed E-state index contributed by atoms with van der Waals surface area (Å²) in [4.78, 5) is 0. The van der Waals surface area contributed by atoms with Gasteiger partial charge in [-0.1, -0.05) is 15.9 Å². The van der Waals surface area contributed by atoms with Gasteiger partial charge in [0.25, 0.3) is 0 Å². The summed E-state index contributed by atoms with van der Waals surface area (Å²) in [6.07, 6.45) is 0. The van der Waals surface area contributed by atoms with Crippen molar-refractivity contribution in [2.75, 3.05) is 0 Å². The van der Waals surface area contributed by atoms with Crippen LogP contribution in [0.25, 0.3) is 0 Å². The van der Waals surface area contributed by atoms with E-state index in [1.165, 1.54) is 0 Å². The minimum absolute atomic E-state index is 0.676. The first kappa shape index (κ1) is 17.9. The topological polar surface area (TPSA) is 9.23 Å². The van der Waals surface area contributed by atoms with Gasteiger partial charge in [-0.25, -0.2) is 0 Å². The van der Waals surface area contributed by atoms with Crippen LogP contribution in [0.3, 0.4) is 0 Å². The third-order valence-electron chi connectivity index (χ3n) is 2.28. The highest BCUT2D eigenvalue weighted by Gasteiger charge is 2.20. The van der Waals surface area contributed by atoms with Gasteiger partial charge in [0.1, 0.15) is 5.75 Å². The maximum absolute atomic E-state index is 6.00. The van der Waals surface area contributed by atoms with E-state index in [9.17, 15) is 0 Å². The van der Waals surface area contributed by atoms with E-state index in [1.807, 2.05) is 18.2 Å². The van der Waals surface area contributed by atoms with E-state index in [2.05, 4.69) is 112 Å². The molecule has 0 unspecified atom stereocenters. The monoisotopic (exact) mass is 715 g/mol. The fourth-order valence-electron chi connectivity index (χ4n) is 1.34. The molecule has 0 N–H and O–H groups in total. The number of hydrogen-bond donors (Lipinski definition) is 0. The lowest BCUT2D eigenvalue weighted by atomic mass is 10.3. The zero-order chi connectivity index (χ0) is 15.0. The van der Waals surface area contributed by atoms with Crippen LogP contribution in [0.15, 0.2) is 49.5 Å². The van der Waals surface area contributed by atoms with Gasteiger partial charge >= 0.3 is 0 Å². The first-order valence-electron chi connectivity index (χ1n) is 4.97. The molecule has 0 saturated carbocycles. The number of halogens is 7. The van der Waals surface area contributed by atoms with Gasteiger partial charge in [-0.05, 0) is 114 Å². The number of ether oxygens (including phenoxy) is 1. The molecular weight excluding hydrogens is 719 g/mol. The van der Waals surface area contributed by atoms with Gasteiger partial charge < -0.3 is 4.74 Å². The van der Waals surface area contributed by atoms with Gasteiger partial charge in [-0.15, -0.1) is 0 Å². The van der Waals surface area contributed by atoms with E-state index >= 15 is 0 Å². The molecule has 0 amide bonds. The molecule has 0 bridgehead atoms. The summed E-state index contributed by atoms with van der Waals surface area (Å²) in [6.45, 7) is 0. The van der Waals surface area contributed by atoms with Crippen LogP contribution < -0.4 is 4.74 Å². The van der Waals surface area contributed by atoms with E-state index in [-0.39, 0.29) is 0 Å². The molecule has 8 heteroatoms. The van der Waals surface area contributed by atoms with Gasteiger partial charge in [-0.3, -0.25) is 0 Å². The maximum Gasteiger partial charge on any atom is 0.158 e. The molecule has 2 rings (SSSR count). The predicted molar refractivity (Wildman–Crippen MR) is 107 cm³/mol. The van der Waals surface area contributed by atoms with Crippen LogP contribution in [-0.2, 0) is 0 Å². The summed E-state index contributed by atoms with van der Waals surface area (Å²) >= 11 is 24.5. The molecule has 0 fully saturated rings. The van der Waals surface area contributed by atoms with Gasteiger partial charge in [0.2, 0.25) is 0 Å². The second kappa shape index (κ2) is 7.45. The van der Waals surface area contributed by atoms with Crippen molar-refractivity contribution in [1.29, 1.82) is 0 Å². The van der Waals surface area contributed by atoms with Gasteiger partial charge in [0, 0.05) is 8.95 Å². The van der Waals surface area contributed by atoms with Gasteiger partial charge in [0.05, 0.1) is 22.4 Å². The molecule has 0 spiro atoms. The Morgan fingerprint density at radius 2 is 1.15 bits per heavy atom. The fraction of sp³-hybridized carbons (Fsp3) is 0. The molecule has 0 heterocycles. The Bertz CT molecular complexity index is 655. The van der Waals surface area contributed by atoms with E-state index in [0.29, 0.717) is 5.75 Å². The van der Waals surface area contributed by atoms with Crippen molar-refractivity contribution >= 4 is 112 Å². The van der Waals surface area contributed by atoms with E-state index in [1.54, 1.807) is 0 Å². The molecule has 2 aromatic carbocycles. The Kier molecular flexibility index (Phi) is 6.68. The van der Waals surface area contributed by atoms with Crippen molar-refractivity contribution in [1.82, 2.24) is 0 Å². The van der Waals surface area contributed by atoms with Crippen LogP contribution in [0.1, 0.15) is 0 Å². The highest BCUT2D eigenvalue weighted by Crippen LogP contribution is 2.50. The smallest absolute Gasteiger partial charge is 0.158 e. The van der Waals surface area contributed by atoms with E-state index in [4.69, 9.17) is 4.74 Å². The van der Waals surface area contributed by atoms with Gasteiger partial charge in [0.15, 0.2) is 5.75 Å². The number of hydrogen-bond acceptors (Lipinski definition) is 1. The van der Waals surface area contributed by atoms with Crippen molar-refractivity contribution < 1.29 is 4.74 Å². The molecule has 20 heavy (non-hydrogen) atoms. The first-order valence-corrected chi connectivity index (χ1v) is 10.5. The molecule has 0 aliphatic heterocycles. The normalized spacial score (nSPS) is 10.8. The minimum Gasteiger partial charge on any atom is -0.454 e. The zero-order valence-corrected chi connectivity index (χ0v) is 20.4. The molecule has 0 aromatic heterocycles. The Hall–Kier alpha value is 1.60. The Morgan fingerprint density at radius 1 is 0.650 bits per heavy atom. The average Bonchev–Trinajstić information content (AvgIpc) is 2.41. The molecule has 0 saturated heterocycles. The molecule has 0 atom stereocenters. The van der Waals surface area contributed by atoms with E-state index < -0.39 is 0 Å². The van der Waals surface area contributed by atoms with Crippen LogP contribution in [0.2, 0.25) is 0 Å². The van der Waals surface area contributed by atoms with Crippen LogP contribution in [0, 0.1) is 0 Å². The van der Waals surface area contributed by atoms with Crippen LogP contribution in [0.5, 0.6) is 11.5 Å². The van der Waals surface area contributed by atoms with Crippen LogP contribution in [-0.4, -0.2) is 0 Å². The summed E-state index contributed by atoms with van der Waals surface area (Å²) in [5.41, 5.74) is 0. The SMILES string of the molecule is Brc1ccc(Oc2c(Br)c(Br)c(Br)c(Br)c2Br)c(Br)c1. The number of benzene rings is 2. The summed E-state index contributed by atoms with van der Waals surface area (Å²) in [5.74, 6) is 1.39. The second-order valence-electron chi connectivity index (χ2n) is 3.58. The maximum atomic E-state index is 6.00.